The van der Waals surface area contributed by atoms with Crippen molar-refractivity contribution in [3.63, 3.8) is 0 Å². The van der Waals surface area contributed by atoms with E-state index in [1.165, 1.54) is 27.6 Å². The maximum absolute atomic E-state index is 13.9. The van der Waals surface area contributed by atoms with Gasteiger partial charge in [0.15, 0.2) is 5.69 Å². The van der Waals surface area contributed by atoms with Gasteiger partial charge in [-0.05, 0) is 31.2 Å². The van der Waals surface area contributed by atoms with Gasteiger partial charge >= 0.3 is 0 Å². The van der Waals surface area contributed by atoms with Crippen molar-refractivity contribution in [3.05, 3.63) is 85.4 Å². The molecule has 14 heteroatoms. The van der Waals surface area contributed by atoms with Crippen LogP contribution < -0.4 is 16.0 Å². The third-order valence-electron chi connectivity index (χ3n) is 7.71. The van der Waals surface area contributed by atoms with E-state index in [4.69, 9.17) is 4.42 Å². The highest BCUT2D eigenvalue weighted by Crippen LogP contribution is 2.28. The van der Waals surface area contributed by atoms with Crippen molar-refractivity contribution in [2.24, 2.45) is 11.8 Å². The van der Waals surface area contributed by atoms with Gasteiger partial charge in [-0.3, -0.25) is 19.2 Å². The van der Waals surface area contributed by atoms with Crippen LogP contribution in [-0.4, -0.2) is 62.6 Å². The van der Waals surface area contributed by atoms with Crippen LogP contribution in [0.15, 0.2) is 45.5 Å². The Morgan fingerprint density at radius 3 is 2.36 bits per heavy atom. The lowest BCUT2D eigenvalue weighted by molar-refractivity contribution is -0.122. The van der Waals surface area contributed by atoms with Gasteiger partial charge in [0.25, 0.3) is 17.7 Å². The number of nitrogens with one attached hydrogen (secondary N) is 3. The summed E-state index contributed by atoms with van der Waals surface area (Å²) in [6.07, 6.45) is 0.576. The SMILES string of the molecule is Cc1oc2nc1C(=O)N[C@H](C)CN(C(=O)c1csc(Cc3ccccc3)n1)CC(=O)N[C@@H](C(C)C)c1nc(cs1)C(=O)N[C@@H]2C(C)C. The van der Waals surface area contributed by atoms with Gasteiger partial charge in [-0.25, -0.2) is 15.0 Å². The summed E-state index contributed by atoms with van der Waals surface area (Å²) in [7, 11) is 0. The van der Waals surface area contributed by atoms with Crippen LogP contribution in [0, 0.1) is 18.8 Å². The van der Waals surface area contributed by atoms with Gasteiger partial charge in [0.2, 0.25) is 11.8 Å². The average Bonchev–Trinajstić information content (AvgIpc) is 3.78. The normalized spacial score (nSPS) is 19.6. The van der Waals surface area contributed by atoms with E-state index in [1.54, 1.807) is 24.6 Å². The zero-order valence-corrected chi connectivity index (χ0v) is 28.8. The molecule has 248 valence electrons. The molecule has 4 heterocycles. The molecule has 0 unspecified atom stereocenters. The average molecular weight is 678 g/mol. The molecule has 3 atom stereocenters. The van der Waals surface area contributed by atoms with Crippen LogP contribution in [0.1, 0.15) is 105 Å². The Kier molecular flexibility index (Phi) is 10.5. The molecule has 3 N–H and O–H groups in total. The summed E-state index contributed by atoms with van der Waals surface area (Å²) in [6, 6.07) is 8.15. The largest absolute Gasteiger partial charge is 0.443 e. The second-order valence-electron chi connectivity index (χ2n) is 12.4. The molecule has 3 aromatic heterocycles. The minimum Gasteiger partial charge on any atom is -0.443 e. The second kappa shape index (κ2) is 14.6. The summed E-state index contributed by atoms with van der Waals surface area (Å²) >= 11 is 2.65. The van der Waals surface area contributed by atoms with E-state index in [-0.39, 0.29) is 47.9 Å². The lowest BCUT2D eigenvalue weighted by Crippen LogP contribution is -2.48. The zero-order valence-electron chi connectivity index (χ0n) is 27.2. The zero-order chi connectivity index (χ0) is 33.8. The van der Waals surface area contributed by atoms with E-state index in [2.05, 4.69) is 30.9 Å². The lowest BCUT2D eigenvalue weighted by atomic mass is 10.0. The fourth-order valence-corrected chi connectivity index (χ4v) is 7.06. The Morgan fingerprint density at radius 1 is 0.936 bits per heavy atom. The summed E-state index contributed by atoms with van der Waals surface area (Å²) in [5.74, 6) is -1.45. The molecule has 4 amide bonds. The highest BCUT2D eigenvalue weighted by molar-refractivity contribution is 7.10. The van der Waals surface area contributed by atoms with Gasteiger partial charge in [-0.15, -0.1) is 22.7 Å². The summed E-state index contributed by atoms with van der Waals surface area (Å²) < 4.78 is 5.89. The van der Waals surface area contributed by atoms with Crippen LogP contribution in [-0.2, 0) is 11.2 Å². The van der Waals surface area contributed by atoms with Gasteiger partial charge < -0.3 is 25.3 Å². The van der Waals surface area contributed by atoms with Gasteiger partial charge in [-0.2, -0.15) is 0 Å². The molecule has 1 aromatic carbocycles. The second-order valence-corrected chi connectivity index (χ2v) is 14.2. The number of hydrogen-bond donors (Lipinski definition) is 3. The number of amides is 4. The molecule has 47 heavy (non-hydrogen) atoms. The molecule has 5 rings (SSSR count). The molecular formula is C33H39N7O5S2. The quantitative estimate of drug-likeness (QED) is 0.274. The molecule has 4 bridgehead atoms. The number of thiazole rings is 2. The standard InChI is InChI=1S/C33H39N7O5S2/c1-17(2)26-31-39-28(20(6)45-31)30(43)34-19(5)13-40(33(44)23-16-46-25(35-23)12-21-10-8-7-9-11-21)14-24(41)37-27(18(3)4)32-36-22(15-47-32)29(42)38-26/h7-11,15-19,26-27H,12-14H2,1-6H3,(H,34,43)(H,37,41)(H,38,42)/t19-,26-,27+/m1/s1. The van der Waals surface area contributed by atoms with Gasteiger partial charge in [-0.1, -0.05) is 58.0 Å². The number of nitrogens with zero attached hydrogens (tertiary/aromatic N) is 4. The van der Waals surface area contributed by atoms with Gasteiger partial charge in [0, 0.05) is 29.8 Å². The van der Waals surface area contributed by atoms with E-state index < -0.39 is 41.8 Å². The fourth-order valence-electron chi connectivity index (χ4n) is 5.24. The van der Waals surface area contributed by atoms with Crippen LogP contribution in [0.5, 0.6) is 0 Å². The van der Waals surface area contributed by atoms with Gasteiger partial charge in [0.05, 0.1) is 17.6 Å². The maximum Gasteiger partial charge on any atom is 0.273 e. The predicted molar refractivity (Wildman–Crippen MR) is 178 cm³/mol. The molecule has 1 aliphatic rings. The molecule has 0 radical (unpaired) electrons. The number of carbonyl (C=O) groups is 4. The Morgan fingerprint density at radius 2 is 1.66 bits per heavy atom. The number of hydrogen-bond acceptors (Lipinski definition) is 10. The third kappa shape index (κ3) is 8.11. The Bertz CT molecular complexity index is 1750. The van der Waals surface area contributed by atoms with Crippen molar-refractivity contribution in [1.29, 1.82) is 0 Å². The first-order chi connectivity index (χ1) is 22.4. The van der Waals surface area contributed by atoms with Crippen LogP contribution in [0.25, 0.3) is 0 Å². The van der Waals surface area contributed by atoms with Crippen molar-refractivity contribution in [2.45, 2.75) is 66.1 Å². The first-order valence-corrected chi connectivity index (χ1v) is 17.3. The molecule has 1 aliphatic heterocycles. The Hall–Kier alpha value is -4.43. The Labute approximate surface area is 281 Å². The van der Waals surface area contributed by atoms with Crippen molar-refractivity contribution in [3.8, 4) is 0 Å². The minimum atomic E-state index is -0.622. The number of benzene rings is 1. The summed E-state index contributed by atoms with van der Waals surface area (Å²) in [6.45, 7) is 10.8. The number of carbonyl (C=O) groups excluding carboxylic acids is 4. The molecule has 0 aliphatic carbocycles. The summed E-state index contributed by atoms with van der Waals surface area (Å²) in [4.78, 5) is 69.1. The first kappa shape index (κ1) is 33.9. The number of aryl methyl sites for hydroxylation is 1. The monoisotopic (exact) mass is 677 g/mol. The lowest BCUT2D eigenvalue weighted by Gasteiger charge is -2.27. The molecule has 0 spiro atoms. The van der Waals surface area contributed by atoms with Crippen molar-refractivity contribution >= 4 is 46.3 Å². The minimum absolute atomic E-state index is 0.0334. The van der Waals surface area contributed by atoms with E-state index in [1.807, 2.05) is 58.0 Å². The number of oxazole rings is 1. The van der Waals surface area contributed by atoms with E-state index in [0.717, 1.165) is 10.6 Å². The van der Waals surface area contributed by atoms with Crippen molar-refractivity contribution < 1.29 is 23.6 Å². The summed E-state index contributed by atoms with van der Waals surface area (Å²) in [5, 5.41) is 13.5. The van der Waals surface area contributed by atoms with Crippen molar-refractivity contribution in [1.82, 2.24) is 35.8 Å². The molecule has 0 saturated heterocycles. The van der Waals surface area contributed by atoms with Crippen molar-refractivity contribution in [2.75, 3.05) is 13.1 Å². The van der Waals surface area contributed by atoms with E-state index >= 15 is 0 Å². The number of aromatic nitrogens is 3. The highest BCUT2D eigenvalue weighted by atomic mass is 32.1. The number of rotatable bonds is 5. The first-order valence-electron chi connectivity index (χ1n) is 15.5. The Balaban J connectivity index is 1.47. The highest BCUT2D eigenvalue weighted by Gasteiger charge is 2.31. The molecule has 12 nitrogen and oxygen atoms in total. The van der Waals surface area contributed by atoms with E-state index in [0.29, 0.717) is 17.2 Å². The van der Waals surface area contributed by atoms with Gasteiger partial charge in [0.1, 0.15) is 28.2 Å². The van der Waals surface area contributed by atoms with Crippen LogP contribution in [0.3, 0.4) is 0 Å². The summed E-state index contributed by atoms with van der Waals surface area (Å²) in [5.41, 5.74) is 1.56. The van der Waals surface area contributed by atoms with Crippen LogP contribution in [0.4, 0.5) is 0 Å². The fraction of sp³-hybridized carbons (Fsp3) is 0.424. The molecular weight excluding hydrogens is 639 g/mol. The molecule has 4 aromatic rings. The third-order valence-corrected chi connectivity index (χ3v) is 9.49. The van der Waals surface area contributed by atoms with E-state index in [9.17, 15) is 19.2 Å². The number of fused-ring (bicyclic) bond motifs is 4. The molecule has 0 saturated carbocycles. The van der Waals surface area contributed by atoms with Crippen LogP contribution >= 0.6 is 22.7 Å². The maximum atomic E-state index is 13.9. The molecule has 0 fully saturated rings. The van der Waals surface area contributed by atoms with Crippen LogP contribution in [0.2, 0.25) is 0 Å². The smallest absolute Gasteiger partial charge is 0.273 e. The topological polar surface area (TPSA) is 159 Å². The predicted octanol–water partition coefficient (Wildman–Crippen LogP) is 4.70.